The molecule has 1 aliphatic carbocycles. The predicted octanol–water partition coefficient (Wildman–Crippen LogP) is 2.21. The zero-order valence-electron chi connectivity index (χ0n) is 17.5. The number of benzene rings is 1. The number of aromatic nitrogens is 3. The Morgan fingerprint density at radius 2 is 1.81 bits per heavy atom. The largest absolute Gasteiger partial charge is 0.378 e. The molecular weight excluding hydrogens is 402 g/mol. The number of ether oxygens (including phenoxy) is 2. The van der Waals surface area contributed by atoms with Gasteiger partial charge in [-0.05, 0) is 12.8 Å². The fraction of sp³-hybridized carbons (Fsp3) is 0.550. The summed E-state index contributed by atoms with van der Waals surface area (Å²) in [6, 6.07) is 6.59. The van der Waals surface area contributed by atoms with Gasteiger partial charge in [0, 0.05) is 36.8 Å². The number of nitrogens with zero attached hydrogens (tertiary/aromatic N) is 4. The summed E-state index contributed by atoms with van der Waals surface area (Å²) in [6.45, 7) is 2.93. The van der Waals surface area contributed by atoms with Crippen molar-refractivity contribution in [1.82, 2.24) is 15.0 Å². The highest BCUT2D eigenvalue weighted by atomic mass is 16.6. The van der Waals surface area contributed by atoms with E-state index in [4.69, 9.17) is 15.2 Å². The third kappa shape index (κ3) is 7.39. The Labute approximate surface area is 180 Å². The van der Waals surface area contributed by atoms with E-state index in [1.807, 2.05) is 0 Å². The molecule has 0 saturated heterocycles. The number of nitrogens with two attached hydrogens (primary N) is 1. The topological polar surface area (TPSA) is 150 Å². The van der Waals surface area contributed by atoms with Crippen LogP contribution in [0.3, 0.4) is 0 Å². The summed E-state index contributed by atoms with van der Waals surface area (Å²) in [7, 11) is 0. The van der Waals surface area contributed by atoms with Crippen molar-refractivity contribution in [2.24, 2.45) is 5.73 Å². The molecule has 2 aromatic rings. The molecule has 0 aliphatic heterocycles. The number of hydrogen-bond acceptors (Lipinski definition) is 10. The minimum absolute atomic E-state index is 0.0111. The van der Waals surface area contributed by atoms with Gasteiger partial charge in [0.15, 0.2) is 5.82 Å². The lowest BCUT2D eigenvalue weighted by atomic mass is 10.2. The first kappa shape index (κ1) is 22.8. The van der Waals surface area contributed by atoms with Crippen LogP contribution in [-0.4, -0.2) is 65.4 Å². The van der Waals surface area contributed by atoms with Crippen molar-refractivity contribution in [3.8, 4) is 11.4 Å². The molecule has 4 N–H and O–H groups in total. The van der Waals surface area contributed by atoms with E-state index in [0.717, 1.165) is 12.8 Å². The van der Waals surface area contributed by atoms with Gasteiger partial charge in [0.05, 0.1) is 31.4 Å². The zero-order valence-corrected chi connectivity index (χ0v) is 17.5. The molecule has 0 spiro atoms. The van der Waals surface area contributed by atoms with Crippen molar-refractivity contribution >= 4 is 17.6 Å². The van der Waals surface area contributed by atoms with Crippen LogP contribution in [0.4, 0.5) is 17.6 Å². The van der Waals surface area contributed by atoms with Gasteiger partial charge in [0.2, 0.25) is 11.9 Å². The van der Waals surface area contributed by atoms with E-state index in [2.05, 4.69) is 25.6 Å². The summed E-state index contributed by atoms with van der Waals surface area (Å²) < 4.78 is 10.8. The number of non-ortho nitro benzene ring substituents is 1. The fourth-order valence-electron chi connectivity index (χ4n) is 3.30. The smallest absolute Gasteiger partial charge is 0.270 e. The predicted molar refractivity (Wildman–Crippen MR) is 117 cm³/mol. The van der Waals surface area contributed by atoms with E-state index < -0.39 is 4.92 Å². The van der Waals surface area contributed by atoms with Crippen molar-refractivity contribution in [3.63, 3.8) is 0 Å². The molecule has 1 aliphatic rings. The van der Waals surface area contributed by atoms with Gasteiger partial charge in [-0.15, -0.1) is 0 Å². The minimum atomic E-state index is -0.434. The van der Waals surface area contributed by atoms with Crippen LogP contribution >= 0.6 is 0 Å². The summed E-state index contributed by atoms with van der Waals surface area (Å²) in [6.07, 6.45) is 4.50. The molecule has 168 valence electrons. The first-order valence-corrected chi connectivity index (χ1v) is 10.5. The Balaban J connectivity index is 1.66. The minimum Gasteiger partial charge on any atom is -0.378 e. The van der Waals surface area contributed by atoms with Crippen LogP contribution in [0, 0.1) is 10.1 Å². The average molecular weight is 431 g/mol. The molecule has 0 unspecified atom stereocenters. The number of rotatable bonds is 13. The summed E-state index contributed by atoms with van der Waals surface area (Å²) in [5, 5.41) is 17.6. The molecule has 1 saturated carbocycles. The first-order chi connectivity index (χ1) is 15.2. The molecule has 0 bridgehead atoms. The van der Waals surface area contributed by atoms with Gasteiger partial charge in [0.1, 0.15) is 0 Å². The van der Waals surface area contributed by atoms with Crippen LogP contribution < -0.4 is 16.4 Å². The molecular formula is C20H29N7O4. The lowest BCUT2D eigenvalue weighted by Gasteiger charge is -2.14. The van der Waals surface area contributed by atoms with Gasteiger partial charge in [-0.3, -0.25) is 10.1 Å². The molecule has 1 aromatic carbocycles. The van der Waals surface area contributed by atoms with E-state index in [1.54, 1.807) is 12.1 Å². The molecule has 0 atom stereocenters. The Bertz CT molecular complexity index is 846. The van der Waals surface area contributed by atoms with Gasteiger partial charge in [0.25, 0.3) is 5.69 Å². The molecule has 0 amide bonds. The number of nitrogens with one attached hydrogen (secondary N) is 2. The standard InChI is InChI=1S/C20H29N7O4/c21-8-10-30-12-13-31-11-9-22-19-24-18(15-4-3-7-17(14-15)27(28)29)25-20(26-19)23-16-5-1-2-6-16/h3-4,7,14,16H,1-2,5-6,8-13,21H2,(H2,22,23,24,25,26). The monoisotopic (exact) mass is 431 g/mol. The molecule has 3 rings (SSSR count). The van der Waals surface area contributed by atoms with Crippen LogP contribution in [-0.2, 0) is 9.47 Å². The molecule has 31 heavy (non-hydrogen) atoms. The number of nitro groups is 1. The highest BCUT2D eigenvalue weighted by molar-refractivity contribution is 5.61. The summed E-state index contributed by atoms with van der Waals surface area (Å²) in [5.41, 5.74) is 5.91. The molecule has 11 nitrogen and oxygen atoms in total. The van der Waals surface area contributed by atoms with Crippen LogP contribution in [0.25, 0.3) is 11.4 Å². The van der Waals surface area contributed by atoms with E-state index in [9.17, 15) is 10.1 Å². The van der Waals surface area contributed by atoms with Crippen molar-refractivity contribution in [2.45, 2.75) is 31.7 Å². The second-order valence-corrected chi connectivity index (χ2v) is 7.18. The second kappa shape index (κ2) is 12.1. The van der Waals surface area contributed by atoms with Gasteiger partial charge < -0.3 is 25.8 Å². The van der Waals surface area contributed by atoms with Crippen LogP contribution in [0.2, 0.25) is 0 Å². The van der Waals surface area contributed by atoms with E-state index >= 15 is 0 Å². The lowest BCUT2D eigenvalue weighted by Crippen LogP contribution is -2.19. The molecule has 1 heterocycles. The number of hydrogen-bond donors (Lipinski definition) is 3. The third-order valence-electron chi connectivity index (χ3n) is 4.80. The number of nitro benzene ring substituents is 1. The van der Waals surface area contributed by atoms with Gasteiger partial charge in [-0.25, -0.2) is 0 Å². The summed E-state index contributed by atoms with van der Waals surface area (Å²) in [4.78, 5) is 24.1. The Hall–Kier alpha value is -2.89. The van der Waals surface area contributed by atoms with Crippen molar-refractivity contribution in [3.05, 3.63) is 34.4 Å². The van der Waals surface area contributed by atoms with Crippen molar-refractivity contribution in [2.75, 3.05) is 50.2 Å². The Morgan fingerprint density at radius 3 is 2.55 bits per heavy atom. The maximum Gasteiger partial charge on any atom is 0.270 e. The maximum atomic E-state index is 11.1. The molecule has 1 aromatic heterocycles. The second-order valence-electron chi connectivity index (χ2n) is 7.18. The van der Waals surface area contributed by atoms with Crippen molar-refractivity contribution in [1.29, 1.82) is 0 Å². The number of anilines is 2. The highest BCUT2D eigenvalue weighted by Crippen LogP contribution is 2.25. The Morgan fingerprint density at radius 1 is 1.06 bits per heavy atom. The van der Waals surface area contributed by atoms with Gasteiger partial charge in [-0.1, -0.05) is 25.0 Å². The highest BCUT2D eigenvalue weighted by Gasteiger charge is 2.18. The third-order valence-corrected chi connectivity index (χ3v) is 4.80. The summed E-state index contributed by atoms with van der Waals surface area (Å²) >= 11 is 0. The zero-order chi connectivity index (χ0) is 21.9. The van der Waals surface area contributed by atoms with Crippen LogP contribution in [0.5, 0.6) is 0 Å². The quantitative estimate of drug-likeness (QED) is 0.245. The normalized spacial score (nSPS) is 14.0. The van der Waals surface area contributed by atoms with E-state index in [0.29, 0.717) is 68.8 Å². The SMILES string of the molecule is NCCOCCOCCNc1nc(NC2CCCC2)nc(-c2cccc([N+](=O)[O-])c2)n1. The fourth-order valence-corrected chi connectivity index (χ4v) is 3.30. The van der Waals surface area contributed by atoms with Crippen LogP contribution in [0.15, 0.2) is 24.3 Å². The Kier molecular flexibility index (Phi) is 8.88. The van der Waals surface area contributed by atoms with E-state index in [-0.39, 0.29) is 5.69 Å². The van der Waals surface area contributed by atoms with Gasteiger partial charge >= 0.3 is 0 Å². The first-order valence-electron chi connectivity index (χ1n) is 10.5. The van der Waals surface area contributed by atoms with E-state index in [1.165, 1.54) is 25.0 Å². The van der Waals surface area contributed by atoms with Gasteiger partial charge in [-0.2, -0.15) is 15.0 Å². The average Bonchev–Trinajstić information content (AvgIpc) is 3.28. The van der Waals surface area contributed by atoms with Crippen LogP contribution in [0.1, 0.15) is 25.7 Å². The maximum absolute atomic E-state index is 11.1. The summed E-state index contributed by atoms with van der Waals surface area (Å²) in [5.74, 6) is 1.22. The molecule has 11 heteroatoms. The van der Waals surface area contributed by atoms with Crippen molar-refractivity contribution < 1.29 is 14.4 Å². The molecule has 0 radical (unpaired) electrons. The molecule has 1 fully saturated rings. The lowest BCUT2D eigenvalue weighted by molar-refractivity contribution is -0.384.